The summed E-state index contributed by atoms with van der Waals surface area (Å²) in [4.78, 5) is 0. The first-order valence-electron chi connectivity index (χ1n) is 4.16. The van der Waals surface area contributed by atoms with E-state index in [0.29, 0.717) is 0 Å². The van der Waals surface area contributed by atoms with Crippen molar-refractivity contribution in [3.63, 3.8) is 0 Å². The molecule has 1 aromatic carbocycles. The predicted octanol–water partition coefficient (Wildman–Crippen LogP) is 3.17. The summed E-state index contributed by atoms with van der Waals surface area (Å²) in [6.07, 6.45) is 1.10. The van der Waals surface area contributed by atoms with Crippen molar-refractivity contribution in [2.24, 2.45) is 0 Å². The van der Waals surface area contributed by atoms with Crippen LogP contribution >= 0.6 is 11.5 Å². The highest BCUT2D eigenvalue weighted by Crippen LogP contribution is 2.23. The minimum Gasteiger partial charge on any atom is -0.197 e. The second-order valence-corrected chi connectivity index (χ2v) is 3.76. The molecule has 0 saturated carbocycles. The molecule has 0 saturated heterocycles. The van der Waals surface area contributed by atoms with E-state index in [-0.39, 0.29) is 0 Å². The van der Waals surface area contributed by atoms with E-state index in [1.165, 1.54) is 15.6 Å². The zero-order valence-electron chi connectivity index (χ0n) is 7.29. The van der Waals surface area contributed by atoms with E-state index in [1.807, 2.05) is 0 Å². The molecule has 2 rings (SSSR count). The zero-order chi connectivity index (χ0) is 8.55. The first kappa shape index (κ1) is 7.74. The molecule has 0 aliphatic rings. The van der Waals surface area contributed by atoms with Gasteiger partial charge in [0.05, 0.1) is 10.4 Å². The highest BCUT2D eigenvalue weighted by atomic mass is 32.1. The zero-order valence-corrected chi connectivity index (χ0v) is 8.11. The summed E-state index contributed by atoms with van der Waals surface area (Å²) in [7, 11) is 0. The van der Waals surface area contributed by atoms with Gasteiger partial charge in [0.15, 0.2) is 0 Å². The van der Waals surface area contributed by atoms with Crippen LogP contribution in [0.15, 0.2) is 18.2 Å². The van der Waals surface area contributed by atoms with Crippen molar-refractivity contribution in [1.82, 2.24) is 4.37 Å². The van der Waals surface area contributed by atoms with Gasteiger partial charge >= 0.3 is 0 Å². The first-order chi connectivity index (χ1) is 5.81. The third-order valence-electron chi connectivity index (χ3n) is 2.12. The monoisotopic (exact) mass is 177 g/mol. The summed E-state index contributed by atoms with van der Waals surface area (Å²) in [5, 5.41) is 1.30. The third kappa shape index (κ3) is 1.12. The number of fused-ring (bicyclic) bond motifs is 1. The SMILES string of the molecule is CCc1ccc2c(C)nsc2c1. The Morgan fingerprint density at radius 3 is 3.00 bits per heavy atom. The normalized spacial score (nSPS) is 10.8. The van der Waals surface area contributed by atoms with E-state index in [0.717, 1.165) is 12.1 Å². The summed E-state index contributed by atoms with van der Waals surface area (Å²) < 4.78 is 5.62. The Balaban J connectivity index is 2.69. The van der Waals surface area contributed by atoms with E-state index in [2.05, 4.69) is 36.4 Å². The maximum absolute atomic E-state index is 4.31. The Labute approximate surface area is 76.2 Å². The lowest BCUT2D eigenvalue weighted by Crippen LogP contribution is -1.77. The number of aromatic nitrogens is 1. The molecule has 12 heavy (non-hydrogen) atoms. The number of hydrogen-bond donors (Lipinski definition) is 0. The van der Waals surface area contributed by atoms with Crippen molar-refractivity contribution < 1.29 is 0 Å². The van der Waals surface area contributed by atoms with Crippen LogP contribution in [0.25, 0.3) is 10.1 Å². The lowest BCUT2D eigenvalue weighted by atomic mass is 10.1. The van der Waals surface area contributed by atoms with Crippen LogP contribution < -0.4 is 0 Å². The molecule has 2 heteroatoms. The molecule has 2 aromatic rings. The van der Waals surface area contributed by atoms with Gasteiger partial charge in [0.2, 0.25) is 0 Å². The van der Waals surface area contributed by atoms with Crippen LogP contribution in [0.2, 0.25) is 0 Å². The summed E-state index contributed by atoms with van der Waals surface area (Å²) >= 11 is 1.59. The molecule has 0 N–H and O–H groups in total. The smallest absolute Gasteiger partial charge is 0.0589 e. The lowest BCUT2D eigenvalue weighted by Gasteiger charge is -1.94. The Morgan fingerprint density at radius 1 is 1.42 bits per heavy atom. The Bertz CT molecular complexity index is 403. The van der Waals surface area contributed by atoms with Crippen LogP contribution in [0.4, 0.5) is 0 Å². The van der Waals surface area contributed by atoms with Crippen molar-refractivity contribution in [3.05, 3.63) is 29.5 Å². The molecule has 0 aliphatic heterocycles. The fraction of sp³-hybridized carbons (Fsp3) is 0.300. The summed E-state index contributed by atoms with van der Waals surface area (Å²) in [6.45, 7) is 4.24. The Kier molecular flexibility index (Phi) is 1.85. The molecule has 1 aromatic heterocycles. The second-order valence-electron chi connectivity index (χ2n) is 2.95. The summed E-state index contributed by atoms with van der Waals surface area (Å²) in [5.74, 6) is 0. The van der Waals surface area contributed by atoms with E-state index < -0.39 is 0 Å². The molecule has 0 amide bonds. The van der Waals surface area contributed by atoms with E-state index in [9.17, 15) is 0 Å². The minimum absolute atomic E-state index is 1.10. The van der Waals surface area contributed by atoms with Gasteiger partial charge in [0, 0.05) is 5.39 Å². The molecular formula is C10H11NS. The summed E-state index contributed by atoms with van der Waals surface area (Å²) in [6, 6.07) is 6.59. The molecule has 0 bridgehead atoms. The number of hydrogen-bond acceptors (Lipinski definition) is 2. The van der Waals surface area contributed by atoms with Crippen molar-refractivity contribution >= 4 is 21.6 Å². The largest absolute Gasteiger partial charge is 0.197 e. The predicted molar refractivity (Wildman–Crippen MR) is 53.7 cm³/mol. The van der Waals surface area contributed by atoms with Gasteiger partial charge in [0.1, 0.15) is 0 Å². The van der Waals surface area contributed by atoms with Gasteiger partial charge in [-0.1, -0.05) is 19.1 Å². The van der Waals surface area contributed by atoms with Crippen LogP contribution in [-0.2, 0) is 6.42 Å². The molecule has 0 radical (unpaired) electrons. The average Bonchev–Trinajstić information content (AvgIpc) is 2.47. The van der Waals surface area contributed by atoms with Crippen LogP contribution in [-0.4, -0.2) is 4.37 Å². The minimum atomic E-state index is 1.10. The average molecular weight is 177 g/mol. The first-order valence-corrected chi connectivity index (χ1v) is 4.93. The molecule has 0 spiro atoms. The van der Waals surface area contributed by atoms with E-state index in [1.54, 1.807) is 11.5 Å². The number of aryl methyl sites for hydroxylation is 2. The van der Waals surface area contributed by atoms with Gasteiger partial charge < -0.3 is 0 Å². The number of nitrogens with zero attached hydrogens (tertiary/aromatic N) is 1. The van der Waals surface area contributed by atoms with Crippen molar-refractivity contribution in [3.8, 4) is 0 Å². The lowest BCUT2D eigenvalue weighted by molar-refractivity contribution is 1.15. The van der Waals surface area contributed by atoms with Gasteiger partial charge in [-0.05, 0) is 36.5 Å². The van der Waals surface area contributed by atoms with Crippen molar-refractivity contribution in [2.45, 2.75) is 20.3 Å². The molecule has 0 aliphatic carbocycles. The maximum atomic E-state index is 4.31. The van der Waals surface area contributed by atoms with E-state index >= 15 is 0 Å². The number of benzene rings is 1. The van der Waals surface area contributed by atoms with Crippen LogP contribution in [0.5, 0.6) is 0 Å². The van der Waals surface area contributed by atoms with Gasteiger partial charge in [-0.2, -0.15) is 4.37 Å². The second kappa shape index (κ2) is 2.87. The topological polar surface area (TPSA) is 12.9 Å². The maximum Gasteiger partial charge on any atom is 0.0589 e. The Hall–Kier alpha value is -0.890. The molecule has 1 nitrogen and oxygen atoms in total. The van der Waals surface area contributed by atoms with Gasteiger partial charge in [0.25, 0.3) is 0 Å². The van der Waals surface area contributed by atoms with Crippen LogP contribution in [0.3, 0.4) is 0 Å². The number of rotatable bonds is 1. The molecule has 0 unspecified atom stereocenters. The fourth-order valence-electron chi connectivity index (χ4n) is 1.33. The summed E-state index contributed by atoms with van der Waals surface area (Å²) in [5.41, 5.74) is 2.55. The molecular weight excluding hydrogens is 166 g/mol. The molecule has 1 heterocycles. The fourth-order valence-corrected chi connectivity index (χ4v) is 2.18. The van der Waals surface area contributed by atoms with Gasteiger partial charge in [-0.15, -0.1) is 0 Å². The third-order valence-corrected chi connectivity index (χ3v) is 3.02. The Morgan fingerprint density at radius 2 is 2.25 bits per heavy atom. The van der Waals surface area contributed by atoms with Crippen molar-refractivity contribution in [1.29, 1.82) is 0 Å². The van der Waals surface area contributed by atoms with Gasteiger partial charge in [-0.3, -0.25) is 0 Å². The van der Waals surface area contributed by atoms with Crippen molar-refractivity contribution in [2.75, 3.05) is 0 Å². The molecule has 0 atom stereocenters. The highest BCUT2D eigenvalue weighted by Gasteiger charge is 2.00. The van der Waals surface area contributed by atoms with Crippen LogP contribution in [0.1, 0.15) is 18.2 Å². The molecule has 62 valence electrons. The van der Waals surface area contributed by atoms with E-state index in [4.69, 9.17) is 0 Å². The standard InChI is InChI=1S/C10H11NS/c1-3-8-4-5-9-7(2)11-12-10(9)6-8/h4-6H,3H2,1-2H3. The highest BCUT2D eigenvalue weighted by molar-refractivity contribution is 7.13. The molecule has 0 fully saturated rings. The quantitative estimate of drug-likeness (QED) is 0.652. The van der Waals surface area contributed by atoms with Gasteiger partial charge in [-0.25, -0.2) is 0 Å². The van der Waals surface area contributed by atoms with Crippen LogP contribution in [0, 0.1) is 6.92 Å².